The predicted octanol–water partition coefficient (Wildman–Crippen LogP) is 3.20. The third kappa shape index (κ3) is 3.96. The zero-order valence-corrected chi connectivity index (χ0v) is 15.5. The molecule has 0 unspecified atom stereocenters. The van der Waals surface area contributed by atoms with Gasteiger partial charge >= 0.3 is 18.2 Å². The molecule has 1 aliphatic rings. The maximum Gasteiger partial charge on any atom is 0.420 e. The average molecular weight is 347 g/mol. The van der Waals surface area contributed by atoms with Gasteiger partial charge in [0.15, 0.2) is 5.54 Å². The molecule has 0 aromatic rings. The largest absolute Gasteiger partial charge is 0.467 e. The van der Waals surface area contributed by atoms with Crippen LogP contribution in [0.4, 0.5) is 14.0 Å². The van der Waals surface area contributed by atoms with Gasteiger partial charge in [0.25, 0.3) is 0 Å². The molecule has 2 amide bonds. The zero-order chi connectivity index (χ0) is 19.1. The number of imide groups is 1. The average Bonchev–Trinajstić information content (AvgIpc) is 2.87. The van der Waals surface area contributed by atoms with Crippen molar-refractivity contribution in [1.82, 2.24) is 4.90 Å². The van der Waals surface area contributed by atoms with Gasteiger partial charge in [-0.1, -0.05) is 0 Å². The molecule has 0 aliphatic heterocycles. The van der Waals surface area contributed by atoms with Gasteiger partial charge < -0.3 is 14.2 Å². The van der Waals surface area contributed by atoms with Gasteiger partial charge in [0, 0.05) is 6.42 Å². The maximum atomic E-state index is 14.6. The van der Waals surface area contributed by atoms with Crippen LogP contribution in [0.15, 0.2) is 0 Å². The summed E-state index contributed by atoms with van der Waals surface area (Å²) in [7, 11) is 1.06. The van der Waals surface area contributed by atoms with Gasteiger partial charge in [0.1, 0.15) is 16.9 Å². The first-order valence-electron chi connectivity index (χ1n) is 7.61. The Morgan fingerprint density at radius 2 is 1.29 bits per heavy atom. The lowest BCUT2D eigenvalue weighted by Gasteiger charge is -2.33. The standard InChI is InChI=1S/C16H26FNO6/c1-13(2,3)23-11(20)18(12(21)24-14(4,5)6)16(10(19)22-8)9-15(16,7)17/h9H2,1-8H3/t15-,16+/m0/s1. The molecule has 0 aromatic heterocycles. The summed E-state index contributed by atoms with van der Waals surface area (Å²) in [5, 5.41) is 0. The van der Waals surface area contributed by atoms with Gasteiger partial charge in [-0.25, -0.2) is 18.8 Å². The lowest BCUT2D eigenvalue weighted by Crippen LogP contribution is -2.56. The Morgan fingerprint density at radius 3 is 1.50 bits per heavy atom. The van der Waals surface area contributed by atoms with Crippen LogP contribution in [-0.2, 0) is 19.0 Å². The Bertz CT molecular complexity index is 518. The second kappa shape index (κ2) is 5.89. The minimum absolute atomic E-state index is 0.384. The number of methoxy groups -OCH3 is 1. The number of hydrogen-bond donors (Lipinski definition) is 0. The molecule has 1 rings (SSSR count). The van der Waals surface area contributed by atoms with Crippen LogP contribution < -0.4 is 0 Å². The topological polar surface area (TPSA) is 82.1 Å². The molecule has 1 fully saturated rings. The first-order chi connectivity index (χ1) is 10.6. The SMILES string of the molecule is COC(=O)[C@]1(N(C(=O)OC(C)(C)C)C(=O)OC(C)(C)C)C[C@]1(C)F. The van der Waals surface area contributed by atoms with Crippen molar-refractivity contribution in [1.29, 1.82) is 0 Å². The quantitative estimate of drug-likeness (QED) is 0.563. The van der Waals surface area contributed by atoms with E-state index in [9.17, 15) is 18.8 Å². The van der Waals surface area contributed by atoms with Crippen LogP contribution >= 0.6 is 0 Å². The van der Waals surface area contributed by atoms with E-state index in [0.717, 1.165) is 14.0 Å². The van der Waals surface area contributed by atoms with Crippen molar-refractivity contribution in [2.24, 2.45) is 0 Å². The molecule has 1 aliphatic carbocycles. The molecule has 0 saturated heterocycles. The number of halogens is 1. The summed E-state index contributed by atoms with van der Waals surface area (Å²) < 4.78 is 29.6. The number of esters is 1. The molecule has 24 heavy (non-hydrogen) atoms. The number of carbonyl (C=O) groups is 3. The van der Waals surface area contributed by atoms with Crippen LogP contribution in [0.25, 0.3) is 0 Å². The highest BCUT2D eigenvalue weighted by Gasteiger charge is 2.79. The highest BCUT2D eigenvalue weighted by molar-refractivity contribution is 6.00. The van der Waals surface area contributed by atoms with Crippen molar-refractivity contribution in [3.05, 3.63) is 0 Å². The van der Waals surface area contributed by atoms with Crippen molar-refractivity contribution in [3.8, 4) is 0 Å². The molecule has 0 bridgehead atoms. The van der Waals surface area contributed by atoms with Crippen LogP contribution in [0.2, 0.25) is 0 Å². The number of rotatable bonds is 2. The summed E-state index contributed by atoms with van der Waals surface area (Å²) in [5.41, 5.74) is -6.12. The van der Waals surface area contributed by atoms with Crippen molar-refractivity contribution >= 4 is 18.2 Å². The van der Waals surface area contributed by atoms with Crippen molar-refractivity contribution in [2.75, 3.05) is 7.11 Å². The molecular formula is C16H26FNO6. The molecule has 7 nitrogen and oxygen atoms in total. The second-order valence-electron chi connectivity index (χ2n) is 8.02. The summed E-state index contributed by atoms with van der Waals surface area (Å²) in [6.45, 7) is 10.6. The second-order valence-corrected chi connectivity index (χ2v) is 8.02. The molecule has 0 aromatic carbocycles. The van der Waals surface area contributed by atoms with Gasteiger partial charge in [-0.05, 0) is 48.5 Å². The fourth-order valence-corrected chi connectivity index (χ4v) is 2.29. The Morgan fingerprint density at radius 1 is 0.958 bits per heavy atom. The number of ether oxygens (including phenoxy) is 3. The van der Waals surface area contributed by atoms with Crippen LogP contribution in [0.1, 0.15) is 54.9 Å². The van der Waals surface area contributed by atoms with Gasteiger partial charge in [0.05, 0.1) is 7.11 Å². The normalized spacial score (nSPS) is 26.4. The molecule has 1 saturated carbocycles. The minimum Gasteiger partial charge on any atom is -0.467 e. The molecule has 8 heteroatoms. The number of carbonyl (C=O) groups excluding carboxylic acids is 3. The maximum absolute atomic E-state index is 14.6. The van der Waals surface area contributed by atoms with Gasteiger partial charge in [-0.2, -0.15) is 4.90 Å². The summed E-state index contributed by atoms with van der Waals surface area (Å²) >= 11 is 0. The Kier molecular flexibility index (Phi) is 4.96. The van der Waals surface area contributed by atoms with E-state index in [4.69, 9.17) is 9.47 Å². The number of alkyl halides is 1. The minimum atomic E-state index is -2.13. The molecule has 0 radical (unpaired) electrons. The lowest BCUT2D eigenvalue weighted by molar-refractivity contribution is -0.150. The Balaban J connectivity index is 3.31. The van der Waals surface area contributed by atoms with Crippen molar-refractivity contribution in [3.63, 3.8) is 0 Å². The van der Waals surface area contributed by atoms with E-state index in [2.05, 4.69) is 4.74 Å². The van der Waals surface area contributed by atoms with E-state index in [1.54, 1.807) is 41.5 Å². The first kappa shape index (κ1) is 20.2. The highest BCUT2D eigenvalue weighted by Crippen LogP contribution is 2.56. The van der Waals surface area contributed by atoms with E-state index in [-0.39, 0.29) is 6.42 Å². The van der Waals surface area contributed by atoms with E-state index < -0.39 is 40.6 Å². The van der Waals surface area contributed by atoms with Crippen LogP contribution in [0.3, 0.4) is 0 Å². The molecule has 0 heterocycles. The van der Waals surface area contributed by atoms with Crippen LogP contribution in [0, 0.1) is 0 Å². The fraction of sp³-hybridized carbons (Fsp3) is 0.812. The van der Waals surface area contributed by atoms with E-state index >= 15 is 0 Å². The molecular weight excluding hydrogens is 321 g/mol. The van der Waals surface area contributed by atoms with Crippen molar-refractivity contribution in [2.45, 2.75) is 77.3 Å². The Labute approximate surface area is 141 Å². The van der Waals surface area contributed by atoms with Gasteiger partial charge in [0.2, 0.25) is 0 Å². The molecule has 2 atom stereocenters. The lowest BCUT2D eigenvalue weighted by atomic mass is 10.1. The molecule has 0 N–H and O–H groups in total. The number of nitrogens with zero attached hydrogens (tertiary/aromatic N) is 1. The van der Waals surface area contributed by atoms with E-state index in [1.807, 2.05) is 0 Å². The van der Waals surface area contributed by atoms with Crippen molar-refractivity contribution < 1.29 is 33.0 Å². The van der Waals surface area contributed by atoms with Crippen LogP contribution in [-0.4, -0.2) is 52.6 Å². The summed E-state index contributed by atoms with van der Waals surface area (Å²) in [5.74, 6) is -1.04. The predicted molar refractivity (Wildman–Crippen MR) is 83.2 cm³/mol. The Hall–Kier alpha value is -1.86. The summed E-state index contributed by atoms with van der Waals surface area (Å²) in [6.07, 6.45) is -2.71. The molecule has 138 valence electrons. The van der Waals surface area contributed by atoms with Gasteiger partial charge in [-0.3, -0.25) is 0 Å². The highest BCUT2D eigenvalue weighted by atomic mass is 19.1. The monoisotopic (exact) mass is 347 g/mol. The fourth-order valence-electron chi connectivity index (χ4n) is 2.29. The van der Waals surface area contributed by atoms with Crippen LogP contribution in [0.5, 0.6) is 0 Å². The third-order valence-electron chi connectivity index (χ3n) is 3.38. The third-order valence-corrected chi connectivity index (χ3v) is 3.38. The van der Waals surface area contributed by atoms with E-state index in [0.29, 0.717) is 4.90 Å². The number of amides is 2. The number of hydrogen-bond acceptors (Lipinski definition) is 6. The summed E-state index contributed by atoms with van der Waals surface area (Å²) in [4.78, 5) is 37.6. The van der Waals surface area contributed by atoms with E-state index in [1.165, 1.54) is 0 Å². The first-order valence-corrected chi connectivity index (χ1v) is 7.61. The summed E-state index contributed by atoms with van der Waals surface area (Å²) in [6, 6.07) is 0. The molecule has 0 spiro atoms. The smallest absolute Gasteiger partial charge is 0.420 e. The van der Waals surface area contributed by atoms with Gasteiger partial charge in [-0.15, -0.1) is 0 Å². The zero-order valence-electron chi connectivity index (χ0n) is 15.5.